The summed E-state index contributed by atoms with van der Waals surface area (Å²) in [6.07, 6.45) is 0.164. The third-order valence-electron chi connectivity index (χ3n) is 2.50. The van der Waals surface area contributed by atoms with Crippen molar-refractivity contribution in [2.24, 2.45) is 0 Å². The maximum absolute atomic E-state index is 10.7. The highest BCUT2D eigenvalue weighted by Crippen LogP contribution is 2.21. The van der Waals surface area contributed by atoms with Crippen molar-refractivity contribution in [1.82, 2.24) is 4.90 Å². The van der Waals surface area contributed by atoms with Crippen LogP contribution in [-0.4, -0.2) is 47.3 Å². The average molecular weight is 201 g/mol. The molecule has 4 heteroatoms. The molecule has 0 saturated carbocycles. The number of rotatable bonds is 2. The van der Waals surface area contributed by atoms with E-state index in [1.807, 2.05) is 0 Å². The molecule has 0 aromatic heterocycles. The first kappa shape index (κ1) is 11.5. The van der Waals surface area contributed by atoms with Crippen LogP contribution in [0, 0.1) is 0 Å². The first-order valence-electron chi connectivity index (χ1n) is 4.97. The van der Waals surface area contributed by atoms with Gasteiger partial charge < -0.3 is 9.84 Å². The van der Waals surface area contributed by atoms with Crippen LogP contribution in [0.3, 0.4) is 0 Å². The summed E-state index contributed by atoms with van der Waals surface area (Å²) in [6.45, 7) is 8.37. The zero-order valence-corrected chi connectivity index (χ0v) is 9.12. The minimum absolute atomic E-state index is 0.0150. The van der Waals surface area contributed by atoms with Crippen LogP contribution in [0.5, 0.6) is 0 Å². The quantitative estimate of drug-likeness (QED) is 0.723. The van der Waals surface area contributed by atoms with Gasteiger partial charge in [-0.05, 0) is 20.8 Å². The zero-order chi connectivity index (χ0) is 10.8. The minimum Gasteiger partial charge on any atom is -0.481 e. The molecule has 1 saturated heterocycles. The molecule has 0 bridgehead atoms. The van der Waals surface area contributed by atoms with Gasteiger partial charge in [-0.25, -0.2) is 0 Å². The molecule has 0 radical (unpaired) electrons. The minimum atomic E-state index is -0.755. The summed E-state index contributed by atoms with van der Waals surface area (Å²) >= 11 is 0. The van der Waals surface area contributed by atoms with E-state index >= 15 is 0 Å². The van der Waals surface area contributed by atoms with Crippen LogP contribution in [0.4, 0.5) is 0 Å². The van der Waals surface area contributed by atoms with E-state index in [0.717, 1.165) is 6.54 Å². The molecule has 1 fully saturated rings. The molecular formula is C10H19NO3. The van der Waals surface area contributed by atoms with Gasteiger partial charge in [-0.15, -0.1) is 0 Å². The number of nitrogens with zero attached hydrogens (tertiary/aromatic N) is 1. The predicted molar refractivity (Wildman–Crippen MR) is 53.3 cm³/mol. The molecule has 0 aromatic carbocycles. The standard InChI is InChI=1S/C10H19NO3/c1-10(2,3)11-4-5-14-7-8(11)6-9(12)13/h8H,4-7H2,1-3H3,(H,12,13). The fourth-order valence-electron chi connectivity index (χ4n) is 1.91. The summed E-state index contributed by atoms with van der Waals surface area (Å²) in [4.78, 5) is 12.9. The molecule has 0 aromatic rings. The molecule has 1 atom stereocenters. The van der Waals surface area contributed by atoms with Gasteiger partial charge in [0.05, 0.1) is 19.6 Å². The van der Waals surface area contributed by atoms with Gasteiger partial charge in [0.1, 0.15) is 0 Å². The summed E-state index contributed by atoms with van der Waals surface area (Å²) in [5.41, 5.74) is 0.0178. The van der Waals surface area contributed by atoms with Crippen molar-refractivity contribution in [3.63, 3.8) is 0 Å². The molecule has 4 nitrogen and oxygen atoms in total. The van der Waals surface area contributed by atoms with Gasteiger partial charge in [-0.3, -0.25) is 9.69 Å². The Morgan fingerprint density at radius 3 is 2.71 bits per heavy atom. The summed E-state index contributed by atoms with van der Waals surface area (Å²) in [6, 6.07) is 0.0150. The van der Waals surface area contributed by atoms with E-state index in [1.165, 1.54) is 0 Å². The topological polar surface area (TPSA) is 49.8 Å². The van der Waals surface area contributed by atoms with Gasteiger partial charge in [-0.2, -0.15) is 0 Å². The van der Waals surface area contributed by atoms with E-state index in [1.54, 1.807) is 0 Å². The van der Waals surface area contributed by atoms with Crippen LogP contribution >= 0.6 is 0 Å². The van der Waals surface area contributed by atoms with Crippen molar-refractivity contribution < 1.29 is 14.6 Å². The summed E-state index contributed by atoms with van der Waals surface area (Å²) < 4.78 is 5.30. The number of ether oxygens (including phenoxy) is 1. The lowest BCUT2D eigenvalue weighted by Crippen LogP contribution is -2.55. The number of aliphatic carboxylic acids is 1. The number of hydrogen-bond donors (Lipinski definition) is 1. The molecule has 1 heterocycles. The van der Waals surface area contributed by atoms with Crippen LogP contribution in [-0.2, 0) is 9.53 Å². The average Bonchev–Trinajstić information content (AvgIpc) is 2.01. The van der Waals surface area contributed by atoms with Gasteiger partial charge >= 0.3 is 5.97 Å². The van der Waals surface area contributed by atoms with Crippen LogP contribution < -0.4 is 0 Å². The van der Waals surface area contributed by atoms with Gasteiger partial charge in [-0.1, -0.05) is 0 Å². The second kappa shape index (κ2) is 4.28. The van der Waals surface area contributed by atoms with Crippen molar-refractivity contribution in [2.45, 2.75) is 38.8 Å². The lowest BCUT2D eigenvalue weighted by Gasteiger charge is -2.43. The molecule has 1 rings (SSSR count). The van der Waals surface area contributed by atoms with E-state index in [0.29, 0.717) is 13.2 Å². The molecule has 1 aliphatic heterocycles. The van der Waals surface area contributed by atoms with Crippen LogP contribution in [0.25, 0.3) is 0 Å². The zero-order valence-electron chi connectivity index (χ0n) is 9.12. The highest BCUT2D eigenvalue weighted by Gasteiger charge is 2.32. The third-order valence-corrected chi connectivity index (χ3v) is 2.50. The monoisotopic (exact) mass is 201 g/mol. The third kappa shape index (κ3) is 2.96. The number of hydrogen-bond acceptors (Lipinski definition) is 3. The van der Waals surface area contributed by atoms with Crippen molar-refractivity contribution in [3.05, 3.63) is 0 Å². The van der Waals surface area contributed by atoms with Gasteiger partial charge in [0.15, 0.2) is 0 Å². The van der Waals surface area contributed by atoms with Crippen molar-refractivity contribution in [1.29, 1.82) is 0 Å². The molecule has 0 spiro atoms. The second-order valence-electron chi connectivity index (χ2n) is 4.69. The Hall–Kier alpha value is -0.610. The van der Waals surface area contributed by atoms with E-state index in [9.17, 15) is 4.79 Å². The normalized spacial score (nSPS) is 24.9. The first-order valence-corrected chi connectivity index (χ1v) is 4.97. The lowest BCUT2D eigenvalue weighted by molar-refractivity contribution is -0.141. The Bertz CT molecular complexity index is 210. The molecule has 1 aliphatic rings. The predicted octanol–water partition coefficient (Wildman–Crippen LogP) is 0.960. The molecule has 82 valence electrons. The lowest BCUT2D eigenvalue weighted by atomic mass is 10.0. The Kier molecular flexibility index (Phi) is 3.50. The Balaban J connectivity index is 2.64. The maximum Gasteiger partial charge on any atom is 0.305 e. The highest BCUT2D eigenvalue weighted by molar-refractivity contribution is 5.67. The van der Waals surface area contributed by atoms with Crippen LogP contribution in [0.1, 0.15) is 27.2 Å². The smallest absolute Gasteiger partial charge is 0.305 e. The molecule has 0 amide bonds. The van der Waals surface area contributed by atoms with E-state index in [4.69, 9.17) is 9.84 Å². The van der Waals surface area contributed by atoms with Crippen molar-refractivity contribution in [2.75, 3.05) is 19.8 Å². The number of carboxylic acid groups (broad SMARTS) is 1. The fraction of sp³-hybridized carbons (Fsp3) is 0.900. The Morgan fingerprint density at radius 1 is 1.57 bits per heavy atom. The van der Waals surface area contributed by atoms with E-state index in [2.05, 4.69) is 25.7 Å². The first-order chi connectivity index (χ1) is 6.41. The van der Waals surface area contributed by atoms with E-state index < -0.39 is 5.97 Å². The number of carbonyl (C=O) groups is 1. The highest BCUT2D eigenvalue weighted by atomic mass is 16.5. The van der Waals surface area contributed by atoms with Gasteiger partial charge in [0.25, 0.3) is 0 Å². The number of morpholine rings is 1. The maximum atomic E-state index is 10.7. The SMILES string of the molecule is CC(C)(C)N1CCOCC1CC(=O)O. The molecule has 0 aliphatic carbocycles. The Morgan fingerprint density at radius 2 is 2.21 bits per heavy atom. The van der Waals surface area contributed by atoms with Gasteiger partial charge in [0.2, 0.25) is 0 Å². The molecule has 14 heavy (non-hydrogen) atoms. The van der Waals surface area contributed by atoms with Crippen LogP contribution in [0.15, 0.2) is 0 Å². The summed E-state index contributed by atoms with van der Waals surface area (Å²) in [7, 11) is 0. The molecule has 1 N–H and O–H groups in total. The number of carboxylic acids is 1. The van der Waals surface area contributed by atoms with Gasteiger partial charge in [0, 0.05) is 18.1 Å². The molecule has 1 unspecified atom stereocenters. The van der Waals surface area contributed by atoms with E-state index in [-0.39, 0.29) is 18.0 Å². The fourth-order valence-corrected chi connectivity index (χ4v) is 1.91. The Labute approximate surface area is 84.8 Å². The van der Waals surface area contributed by atoms with Crippen molar-refractivity contribution in [3.8, 4) is 0 Å². The largest absolute Gasteiger partial charge is 0.481 e. The summed E-state index contributed by atoms with van der Waals surface area (Å²) in [5.74, 6) is -0.755. The molecular weight excluding hydrogens is 182 g/mol. The van der Waals surface area contributed by atoms with Crippen molar-refractivity contribution >= 4 is 5.97 Å². The van der Waals surface area contributed by atoms with Crippen LogP contribution in [0.2, 0.25) is 0 Å². The second-order valence-corrected chi connectivity index (χ2v) is 4.69. The summed E-state index contributed by atoms with van der Waals surface area (Å²) in [5, 5.41) is 8.77.